The van der Waals surface area contributed by atoms with Crippen LogP contribution in [0.2, 0.25) is 0 Å². The molecule has 1 nitrogen and oxygen atoms in total. The number of alkyl halides is 1. The van der Waals surface area contributed by atoms with Gasteiger partial charge in [0.25, 0.3) is 0 Å². The van der Waals surface area contributed by atoms with Gasteiger partial charge >= 0.3 is 0 Å². The van der Waals surface area contributed by atoms with E-state index in [2.05, 4.69) is 5.32 Å². The molecule has 1 aliphatic heterocycles. The van der Waals surface area contributed by atoms with Crippen LogP contribution in [-0.2, 0) is 6.42 Å². The van der Waals surface area contributed by atoms with Gasteiger partial charge in [-0.25, -0.2) is 8.78 Å². The molecule has 2 rings (SSSR count). The van der Waals surface area contributed by atoms with E-state index in [-0.39, 0.29) is 18.2 Å². The van der Waals surface area contributed by atoms with Crippen LogP contribution in [-0.4, -0.2) is 18.8 Å². The standard InChI is InChI=1S/C14H19F2N/c1-14(16,12-6-8-17-9-7-12)10-11-4-2-3-5-13(11)15/h2-5,12,17H,6-10H2,1H3. The maximum absolute atomic E-state index is 14.6. The average molecular weight is 239 g/mol. The molecule has 3 heteroatoms. The summed E-state index contributed by atoms with van der Waals surface area (Å²) in [5.41, 5.74) is -0.833. The SMILES string of the molecule is CC(F)(Cc1ccccc1F)C1CCNCC1. The Hall–Kier alpha value is -0.960. The second kappa shape index (κ2) is 5.13. The molecule has 94 valence electrons. The molecule has 1 atom stereocenters. The minimum atomic E-state index is -1.32. The Morgan fingerprint density at radius 3 is 2.59 bits per heavy atom. The molecular weight excluding hydrogens is 220 g/mol. The third-order valence-electron chi connectivity index (χ3n) is 3.68. The van der Waals surface area contributed by atoms with E-state index < -0.39 is 5.67 Å². The van der Waals surface area contributed by atoms with Gasteiger partial charge in [0.05, 0.1) is 0 Å². The molecule has 0 aliphatic carbocycles. The molecule has 0 radical (unpaired) electrons. The first-order valence-corrected chi connectivity index (χ1v) is 6.22. The molecule has 0 saturated carbocycles. The highest BCUT2D eigenvalue weighted by atomic mass is 19.1. The van der Waals surface area contributed by atoms with Gasteiger partial charge in [0.1, 0.15) is 11.5 Å². The fourth-order valence-electron chi connectivity index (χ4n) is 2.58. The molecule has 1 aromatic rings. The largest absolute Gasteiger partial charge is 0.317 e. The van der Waals surface area contributed by atoms with Crippen molar-refractivity contribution < 1.29 is 8.78 Å². The predicted molar refractivity (Wildman–Crippen MR) is 65.2 cm³/mol. The van der Waals surface area contributed by atoms with Gasteiger partial charge in [0.15, 0.2) is 0 Å². The van der Waals surface area contributed by atoms with Gasteiger partial charge in [-0.1, -0.05) is 18.2 Å². The van der Waals surface area contributed by atoms with E-state index in [1.54, 1.807) is 25.1 Å². The Morgan fingerprint density at radius 1 is 1.29 bits per heavy atom. The number of nitrogens with one attached hydrogen (secondary N) is 1. The lowest BCUT2D eigenvalue weighted by atomic mass is 9.80. The van der Waals surface area contributed by atoms with Crippen molar-refractivity contribution in [1.82, 2.24) is 5.32 Å². The number of piperidine rings is 1. The summed E-state index contributed by atoms with van der Waals surface area (Å²) < 4.78 is 28.2. The fraction of sp³-hybridized carbons (Fsp3) is 0.571. The summed E-state index contributed by atoms with van der Waals surface area (Å²) in [6, 6.07) is 6.47. The Morgan fingerprint density at radius 2 is 1.94 bits per heavy atom. The number of rotatable bonds is 3. The van der Waals surface area contributed by atoms with Crippen molar-refractivity contribution in [3.8, 4) is 0 Å². The van der Waals surface area contributed by atoms with Crippen LogP contribution in [0.1, 0.15) is 25.3 Å². The third kappa shape index (κ3) is 3.03. The molecule has 1 N–H and O–H groups in total. The molecule has 0 aromatic heterocycles. The van der Waals surface area contributed by atoms with Gasteiger partial charge in [0, 0.05) is 6.42 Å². The monoisotopic (exact) mass is 239 g/mol. The van der Waals surface area contributed by atoms with E-state index in [0.29, 0.717) is 5.56 Å². The summed E-state index contributed by atoms with van der Waals surface area (Å²) in [5.74, 6) is -0.270. The third-order valence-corrected chi connectivity index (χ3v) is 3.68. The molecule has 1 saturated heterocycles. The van der Waals surface area contributed by atoms with Crippen molar-refractivity contribution in [2.24, 2.45) is 5.92 Å². The lowest BCUT2D eigenvalue weighted by molar-refractivity contribution is 0.0787. The molecule has 0 amide bonds. The van der Waals surface area contributed by atoms with Crippen molar-refractivity contribution in [2.75, 3.05) is 13.1 Å². The summed E-state index contributed by atoms with van der Waals surface area (Å²) in [6.07, 6.45) is 1.84. The summed E-state index contributed by atoms with van der Waals surface area (Å²) in [7, 11) is 0. The van der Waals surface area contributed by atoms with Crippen LogP contribution in [0.25, 0.3) is 0 Å². The van der Waals surface area contributed by atoms with Gasteiger partial charge < -0.3 is 5.32 Å². The van der Waals surface area contributed by atoms with Crippen LogP contribution < -0.4 is 5.32 Å². The molecule has 1 aromatic carbocycles. The maximum Gasteiger partial charge on any atom is 0.126 e. The van der Waals surface area contributed by atoms with Crippen LogP contribution in [0, 0.1) is 11.7 Å². The number of hydrogen-bond donors (Lipinski definition) is 1. The molecule has 1 aliphatic rings. The first-order valence-electron chi connectivity index (χ1n) is 6.22. The lowest BCUT2D eigenvalue weighted by Gasteiger charge is -2.34. The summed E-state index contributed by atoms with van der Waals surface area (Å²) >= 11 is 0. The number of benzene rings is 1. The van der Waals surface area contributed by atoms with Crippen molar-refractivity contribution >= 4 is 0 Å². The molecule has 1 fully saturated rings. The Labute approximate surface area is 101 Å². The van der Waals surface area contributed by atoms with Crippen molar-refractivity contribution in [3.63, 3.8) is 0 Å². The van der Waals surface area contributed by atoms with Gasteiger partial charge in [0.2, 0.25) is 0 Å². The van der Waals surface area contributed by atoms with Gasteiger partial charge in [-0.15, -0.1) is 0 Å². The van der Waals surface area contributed by atoms with Gasteiger partial charge in [-0.3, -0.25) is 0 Å². The Kier molecular flexibility index (Phi) is 3.77. The van der Waals surface area contributed by atoms with Crippen molar-refractivity contribution in [1.29, 1.82) is 0 Å². The zero-order valence-electron chi connectivity index (χ0n) is 10.2. The second-order valence-corrected chi connectivity index (χ2v) is 5.07. The topological polar surface area (TPSA) is 12.0 Å². The normalized spacial score (nSPS) is 21.1. The van der Waals surface area contributed by atoms with E-state index in [1.165, 1.54) is 6.07 Å². The second-order valence-electron chi connectivity index (χ2n) is 5.07. The van der Waals surface area contributed by atoms with E-state index >= 15 is 0 Å². The zero-order valence-corrected chi connectivity index (χ0v) is 10.2. The Bertz CT molecular complexity index is 370. The minimum absolute atomic E-state index is 0.0309. The fourth-order valence-corrected chi connectivity index (χ4v) is 2.58. The predicted octanol–water partition coefficient (Wildman–Crippen LogP) is 3.10. The van der Waals surface area contributed by atoms with Crippen LogP contribution in [0.3, 0.4) is 0 Å². The zero-order chi connectivity index (χ0) is 12.3. The highest BCUT2D eigenvalue weighted by Gasteiger charge is 2.35. The summed E-state index contributed by atoms with van der Waals surface area (Å²) in [4.78, 5) is 0. The molecule has 17 heavy (non-hydrogen) atoms. The van der Waals surface area contributed by atoms with E-state index in [4.69, 9.17) is 0 Å². The smallest absolute Gasteiger partial charge is 0.126 e. The summed E-state index contributed by atoms with van der Waals surface area (Å²) in [6.45, 7) is 3.33. The lowest BCUT2D eigenvalue weighted by Crippen LogP contribution is -2.40. The van der Waals surface area contributed by atoms with E-state index in [1.807, 2.05) is 0 Å². The number of hydrogen-bond acceptors (Lipinski definition) is 1. The molecular formula is C14H19F2N. The highest BCUT2D eigenvalue weighted by molar-refractivity contribution is 5.19. The van der Waals surface area contributed by atoms with Gasteiger partial charge in [-0.05, 0) is 50.4 Å². The first-order chi connectivity index (χ1) is 8.09. The maximum atomic E-state index is 14.6. The van der Waals surface area contributed by atoms with Crippen LogP contribution >= 0.6 is 0 Å². The van der Waals surface area contributed by atoms with E-state index in [0.717, 1.165) is 25.9 Å². The quantitative estimate of drug-likeness (QED) is 0.854. The highest BCUT2D eigenvalue weighted by Crippen LogP contribution is 2.33. The van der Waals surface area contributed by atoms with Crippen molar-refractivity contribution in [3.05, 3.63) is 35.6 Å². The molecule has 0 bridgehead atoms. The molecule has 0 spiro atoms. The minimum Gasteiger partial charge on any atom is -0.317 e. The van der Waals surface area contributed by atoms with E-state index in [9.17, 15) is 8.78 Å². The van der Waals surface area contributed by atoms with Crippen LogP contribution in [0.4, 0.5) is 8.78 Å². The Balaban J connectivity index is 2.08. The first kappa shape index (κ1) is 12.5. The van der Waals surface area contributed by atoms with Crippen LogP contribution in [0.15, 0.2) is 24.3 Å². The van der Waals surface area contributed by atoms with Crippen molar-refractivity contribution in [2.45, 2.75) is 31.9 Å². The summed E-state index contributed by atoms with van der Waals surface area (Å²) in [5, 5.41) is 3.22. The van der Waals surface area contributed by atoms with Gasteiger partial charge in [-0.2, -0.15) is 0 Å². The molecule has 1 heterocycles. The number of halogens is 2. The molecule has 1 unspecified atom stereocenters. The van der Waals surface area contributed by atoms with Crippen LogP contribution in [0.5, 0.6) is 0 Å². The average Bonchev–Trinajstić information content (AvgIpc) is 2.33.